The molecule has 2 fully saturated rings. The van der Waals surface area contributed by atoms with Crippen LogP contribution in [0.4, 0.5) is 0 Å². The third-order valence-corrected chi connectivity index (χ3v) is 5.48. The summed E-state index contributed by atoms with van der Waals surface area (Å²) in [4.78, 5) is 0. The molecule has 3 rings (SSSR count). The zero-order valence-corrected chi connectivity index (χ0v) is 12.9. The Hall–Kier alpha value is -0.870. The smallest absolute Gasteiger partial charge is 0.165 e. The van der Waals surface area contributed by atoms with Crippen LogP contribution in [0.2, 0.25) is 0 Å². The Morgan fingerprint density at radius 3 is 2.60 bits per heavy atom. The summed E-state index contributed by atoms with van der Waals surface area (Å²) in [5.41, 5.74) is 7.35. The Kier molecular flexibility index (Phi) is 4.13. The van der Waals surface area contributed by atoms with Gasteiger partial charge in [0.1, 0.15) is 6.10 Å². The van der Waals surface area contributed by atoms with E-state index in [0.29, 0.717) is 6.10 Å². The molecule has 3 nitrogen and oxygen atoms in total. The van der Waals surface area contributed by atoms with E-state index < -0.39 is 0 Å². The van der Waals surface area contributed by atoms with E-state index in [0.717, 1.165) is 42.7 Å². The summed E-state index contributed by atoms with van der Waals surface area (Å²) in [5.74, 6) is 4.08. The summed E-state index contributed by atoms with van der Waals surface area (Å²) in [6.07, 6.45) is 5.82. The molecule has 1 aliphatic heterocycles. The fourth-order valence-electron chi connectivity index (χ4n) is 3.01. The third-order valence-electron chi connectivity index (χ3n) is 4.43. The first kappa shape index (κ1) is 14.1. The van der Waals surface area contributed by atoms with E-state index >= 15 is 0 Å². The second kappa shape index (κ2) is 5.86. The van der Waals surface area contributed by atoms with Gasteiger partial charge in [-0.25, -0.2) is 0 Å². The first-order valence-corrected chi connectivity index (χ1v) is 8.59. The van der Waals surface area contributed by atoms with E-state index in [-0.39, 0.29) is 5.54 Å². The van der Waals surface area contributed by atoms with E-state index in [1.807, 2.05) is 23.9 Å². The van der Waals surface area contributed by atoms with E-state index in [2.05, 4.69) is 6.07 Å². The van der Waals surface area contributed by atoms with Crippen LogP contribution in [0.5, 0.6) is 11.5 Å². The lowest BCUT2D eigenvalue weighted by molar-refractivity contribution is 0.180. The van der Waals surface area contributed by atoms with Gasteiger partial charge in [0.2, 0.25) is 0 Å². The molecule has 20 heavy (non-hydrogen) atoms. The van der Waals surface area contributed by atoms with Crippen molar-refractivity contribution in [2.75, 3.05) is 18.6 Å². The highest BCUT2D eigenvalue weighted by atomic mass is 32.2. The highest BCUT2D eigenvalue weighted by Gasteiger charge is 2.37. The van der Waals surface area contributed by atoms with Crippen molar-refractivity contribution >= 4 is 11.8 Å². The fourth-order valence-corrected chi connectivity index (χ4v) is 4.07. The van der Waals surface area contributed by atoms with Gasteiger partial charge < -0.3 is 15.2 Å². The lowest BCUT2D eigenvalue weighted by Crippen LogP contribution is -2.43. The van der Waals surface area contributed by atoms with Crippen LogP contribution in [0.25, 0.3) is 0 Å². The van der Waals surface area contributed by atoms with Crippen molar-refractivity contribution in [3.63, 3.8) is 0 Å². The molecular weight excluding hydrogens is 270 g/mol. The van der Waals surface area contributed by atoms with Crippen molar-refractivity contribution in [3.05, 3.63) is 23.8 Å². The molecule has 0 unspecified atom stereocenters. The Bertz CT molecular complexity index is 468. The SMILES string of the molecule is COc1c(OC2CCSCC2)cccc1C1(N)CCC1. The van der Waals surface area contributed by atoms with E-state index in [9.17, 15) is 0 Å². The van der Waals surface area contributed by atoms with Gasteiger partial charge in [-0.3, -0.25) is 0 Å². The normalized spacial score (nSPS) is 22.1. The topological polar surface area (TPSA) is 44.5 Å². The van der Waals surface area contributed by atoms with Crippen LogP contribution in [0.15, 0.2) is 18.2 Å². The molecule has 1 saturated heterocycles. The number of para-hydroxylation sites is 1. The fraction of sp³-hybridized carbons (Fsp3) is 0.625. The number of thioether (sulfide) groups is 1. The van der Waals surface area contributed by atoms with Crippen LogP contribution in [0.3, 0.4) is 0 Å². The molecule has 0 bridgehead atoms. The van der Waals surface area contributed by atoms with Gasteiger partial charge in [0.25, 0.3) is 0 Å². The molecule has 1 aliphatic carbocycles. The molecule has 0 atom stereocenters. The molecule has 2 N–H and O–H groups in total. The average Bonchev–Trinajstić information content (AvgIpc) is 2.45. The van der Waals surface area contributed by atoms with Crippen LogP contribution >= 0.6 is 11.8 Å². The van der Waals surface area contributed by atoms with Gasteiger partial charge in [-0.05, 0) is 49.7 Å². The first-order chi connectivity index (χ1) is 9.73. The Morgan fingerprint density at radius 1 is 1.25 bits per heavy atom. The average molecular weight is 293 g/mol. The standard InChI is InChI=1S/C16H23NO2S/c1-18-15-13(16(17)8-3-9-16)4-2-5-14(15)19-12-6-10-20-11-7-12/h2,4-5,12H,3,6-11,17H2,1H3. The number of ether oxygens (including phenoxy) is 2. The van der Waals surface area contributed by atoms with Gasteiger partial charge in [0.15, 0.2) is 11.5 Å². The van der Waals surface area contributed by atoms with Gasteiger partial charge in [-0.15, -0.1) is 0 Å². The van der Waals surface area contributed by atoms with E-state index in [1.54, 1.807) is 7.11 Å². The van der Waals surface area contributed by atoms with Crippen LogP contribution < -0.4 is 15.2 Å². The summed E-state index contributed by atoms with van der Waals surface area (Å²) in [7, 11) is 1.71. The van der Waals surface area contributed by atoms with Crippen molar-refractivity contribution in [1.82, 2.24) is 0 Å². The molecule has 2 aliphatic rings. The minimum absolute atomic E-state index is 0.215. The first-order valence-electron chi connectivity index (χ1n) is 7.44. The minimum Gasteiger partial charge on any atom is -0.493 e. The van der Waals surface area contributed by atoms with Gasteiger partial charge in [0.05, 0.1) is 7.11 Å². The largest absolute Gasteiger partial charge is 0.493 e. The molecule has 1 saturated carbocycles. The molecule has 1 heterocycles. The van der Waals surface area contributed by atoms with Gasteiger partial charge in [-0.2, -0.15) is 11.8 Å². The molecular formula is C16H23NO2S. The van der Waals surface area contributed by atoms with Crippen molar-refractivity contribution in [3.8, 4) is 11.5 Å². The maximum absolute atomic E-state index is 6.46. The maximum Gasteiger partial charge on any atom is 0.165 e. The van der Waals surface area contributed by atoms with Gasteiger partial charge >= 0.3 is 0 Å². The highest BCUT2D eigenvalue weighted by molar-refractivity contribution is 7.99. The van der Waals surface area contributed by atoms with E-state index in [1.165, 1.54) is 17.9 Å². The zero-order chi connectivity index (χ0) is 14.0. The van der Waals surface area contributed by atoms with Crippen LogP contribution in [-0.2, 0) is 5.54 Å². The molecule has 0 spiro atoms. The monoisotopic (exact) mass is 293 g/mol. The zero-order valence-electron chi connectivity index (χ0n) is 12.1. The summed E-state index contributed by atoms with van der Waals surface area (Å²) < 4.78 is 11.8. The van der Waals surface area contributed by atoms with Gasteiger partial charge in [0, 0.05) is 11.1 Å². The molecule has 4 heteroatoms. The van der Waals surface area contributed by atoms with Gasteiger partial charge in [-0.1, -0.05) is 12.1 Å². The van der Waals surface area contributed by atoms with Crippen LogP contribution in [-0.4, -0.2) is 24.7 Å². The molecule has 1 aromatic carbocycles. The Balaban J connectivity index is 1.84. The van der Waals surface area contributed by atoms with E-state index in [4.69, 9.17) is 15.2 Å². The summed E-state index contributed by atoms with van der Waals surface area (Å²) >= 11 is 2.01. The molecule has 0 radical (unpaired) electrons. The lowest BCUT2D eigenvalue weighted by atomic mass is 9.72. The number of hydrogen-bond donors (Lipinski definition) is 1. The minimum atomic E-state index is -0.215. The van der Waals surface area contributed by atoms with Crippen molar-refractivity contribution in [2.45, 2.75) is 43.7 Å². The predicted molar refractivity (Wildman–Crippen MR) is 83.7 cm³/mol. The predicted octanol–water partition coefficient (Wildman–Crippen LogP) is 3.31. The summed E-state index contributed by atoms with van der Waals surface area (Å²) in [6.45, 7) is 0. The number of nitrogens with two attached hydrogens (primary N) is 1. The van der Waals surface area contributed by atoms with Crippen LogP contribution in [0, 0.1) is 0 Å². The summed E-state index contributed by atoms with van der Waals surface area (Å²) in [5, 5.41) is 0. The third kappa shape index (κ3) is 2.63. The highest BCUT2D eigenvalue weighted by Crippen LogP contribution is 2.46. The number of hydrogen-bond acceptors (Lipinski definition) is 4. The Morgan fingerprint density at radius 2 is 2.00 bits per heavy atom. The van der Waals surface area contributed by atoms with Crippen molar-refractivity contribution in [2.24, 2.45) is 5.73 Å². The van der Waals surface area contributed by atoms with Crippen molar-refractivity contribution in [1.29, 1.82) is 0 Å². The Labute approximate surface area is 125 Å². The molecule has 0 aromatic heterocycles. The molecule has 1 aromatic rings. The second-order valence-corrected chi connectivity index (χ2v) is 7.00. The van der Waals surface area contributed by atoms with Crippen LogP contribution in [0.1, 0.15) is 37.7 Å². The quantitative estimate of drug-likeness (QED) is 0.925. The molecule has 110 valence electrons. The molecule has 0 amide bonds. The maximum atomic E-state index is 6.46. The second-order valence-electron chi connectivity index (χ2n) is 5.78. The lowest BCUT2D eigenvalue weighted by Gasteiger charge is -2.39. The number of rotatable bonds is 4. The summed E-state index contributed by atoms with van der Waals surface area (Å²) in [6, 6.07) is 6.13. The number of methoxy groups -OCH3 is 1. The van der Waals surface area contributed by atoms with Crippen molar-refractivity contribution < 1.29 is 9.47 Å². The number of benzene rings is 1.